The van der Waals surface area contributed by atoms with E-state index in [0.29, 0.717) is 31.2 Å². The van der Waals surface area contributed by atoms with Gasteiger partial charge in [0.2, 0.25) is 45.5 Å². The van der Waals surface area contributed by atoms with Gasteiger partial charge >= 0.3 is 0 Å². The third-order valence-corrected chi connectivity index (χ3v) is 13.3. The van der Waals surface area contributed by atoms with Crippen molar-refractivity contribution >= 4 is 62.3 Å². The van der Waals surface area contributed by atoms with Crippen LogP contribution in [-0.4, -0.2) is 122 Å². The first-order chi connectivity index (χ1) is 31.6. The first-order valence-corrected chi connectivity index (χ1v) is 25.0. The molecule has 6 rings (SSSR count). The standard InChI is InChI=1S/C46H65N11O8S/c1-66(64,65)56-38(26-30-15-6-3-7-16-30)43(61)53-35-20-11-22-49-40(58)34(19-10-23-50-46(47)48)52-42(60)37(27-31-28-51-33-18-9-8-17-32(31)33)54-41(59)36(25-29-13-4-2-5-14-29)55-44(62)39-21-12-24-57(39)45(35)63/h3,6-9,15-18,28-29,34-39,51,56H,2,4-5,10-14,19-27H2,1H3,(H,49,58)(H,52,60)(H,53,61)(H,54,59)(H,55,62)(H4,47,48,50)/t34-,35?,36+,37-,38-,39-/m0/s1. The van der Waals surface area contributed by atoms with E-state index >= 15 is 0 Å². The molecule has 2 aliphatic heterocycles. The van der Waals surface area contributed by atoms with E-state index in [1.165, 1.54) is 4.90 Å². The fourth-order valence-corrected chi connectivity index (χ4v) is 9.98. The molecule has 1 aliphatic carbocycles. The summed E-state index contributed by atoms with van der Waals surface area (Å²) in [4.78, 5) is 94.7. The van der Waals surface area contributed by atoms with E-state index in [0.717, 1.165) is 54.8 Å². The Kier molecular flexibility index (Phi) is 17.5. The number of hydrogen-bond acceptors (Lipinski definition) is 9. The second-order valence-electron chi connectivity index (χ2n) is 17.8. The number of nitrogens with zero attached hydrogens (tertiary/aromatic N) is 2. The number of aromatic amines is 1. The first kappa shape index (κ1) is 49.4. The van der Waals surface area contributed by atoms with Crippen LogP contribution in [0.1, 0.15) is 88.2 Å². The van der Waals surface area contributed by atoms with Crippen LogP contribution >= 0.6 is 0 Å². The van der Waals surface area contributed by atoms with Crippen molar-refractivity contribution in [2.24, 2.45) is 22.4 Å². The summed E-state index contributed by atoms with van der Waals surface area (Å²) in [5.41, 5.74) is 13.4. The van der Waals surface area contributed by atoms with Crippen LogP contribution in [0.4, 0.5) is 0 Å². The van der Waals surface area contributed by atoms with Crippen LogP contribution in [0.5, 0.6) is 0 Å². The average Bonchev–Trinajstić information content (AvgIpc) is 3.95. The van der Waals surface area contributed by atoms with Crippen LogP contribution in [0.3, 0.4) is 0 Å². The highest BCUT2D eigenvalue weighted by atomic mass is 32.2. The Balaban J connectivity index is 1.32. The number of hydrogen-bond donors (Lipinski definition) is 9. The van der Waals surface area contributed by atoms with Crippen LogP contribution in [0.2, 0.25) is 0 Å². The van der Waals surface area contributed by atoms with E-state index in [-0.39, 0.29) is 63.6 Å². The van der Waals surface area contributed by atoms with Gasteiger partial charge in [-0.2, -0.15) is 0 Å². The number of amides is 6. The van der Waals surface area contributed by atoms with Crippen molar-refractivity contribution in [3.05, 3.63) is 71.9 Å². The molecule has 1 saturated carbocycles. The predicted molar refractivity (Wildman–Crippen MR) is 250 cm³/mol. The molecule has 6 atom stereocenters. The Hall–Kier alpha value is -6.02. The summed E-state index contributed by atoms with van der Waals surface area (Å²) in [6.45, 7) is 0.402. The summed E-state index contributed by atoms with van der Waals surface area (Å²) in [5.74, 6) is -3.55. The van der Waals surface area contributed by atoms with E-state index in [1.54, 1.807) is 36.5 Å². The van der Waals surface area contributed by atoms with Crippen molar-refractivity contribution in [1.29, 1.82) is 0 Å². The van der Waals surface area contributed by atoms with Gasteiger partial charge in [0.15, 0.2) is 5.96 Å². The number of aliphatic imine (C=N–C) groups is 1. The molecule has 358 valence electrons. The molecule has 20 heteroatoms. The molecule has 11 N–H and O–H groups in total. The van der Waals surface area contributed by atoms with E-state index in [1.807, 2.05) is 24.3 Å². The molecule has 3 fully saturated rings. The summed E-state index contributed by atoms with van der Waals surface area (Å²) in [5, 5.41) is 15.3. The van der Waals surface area contributed by atoms with Crippen molar-refractivity contribution in [2.75, 3.05) is 25.9 Å². The van der Waals surface area contributed by atoms with Gasteiger partial charge in [0.1, 0.15) is 36.3 Å². The molecule has 3 aromatic rings. The van der Waals surface area contributed by atoms with Crippen molar-refractivity contribution in [3.63, 3.8) is 0 Å². The molecule has 0 bridgehead atoms. The molecule has 19 nitrogen and oxygen atoms in total. The number of nitrogens with one attached hydrogen (secondary N) is 7. The number of fused-ring (bicyclic) bond motifs is 2. The highest BCUT2D eigenvalue weighted by Gasteiger charge is 2.41. The Morgan fingerprint density at radius 2 is 1.52 bits per heavy atom. The maximum atomic E-state index is 14.6. The smallest absolute Gasteiger partial charge is 0.245 e. The van der Waals surface area contributed by atoms with Crippen molar-refractivity contribution < 1.29 is 37.2 Å². The molecular formula is C46H65N11O8S. The Labute approximate surface area is 385 Å². The lowest BCUT2D eigenvalue weighted by Gasteiger charge is -2.32. The molecule has 2 saturated heterocycles. The molecule has 6 amide bonds. The Bertz CT molecular complexity index is 2310. The van der Waals surface area contributed by atoms with E-state index in [4.69, 9.17) is 11.5 Å². The zero-order valence-electron chi connectivity index (χ0n) is 37.6. The maximum Gasteiger partial charge on any atom is 0.245 e. The number of nitrogens with two attached hydrogens (primary N) is 2. The number of carbonyl (C=O) groups excluding carboxylic acids is 6. The van der Waals surface area contributed by atoms with Gasteiger partial charge in [-0.25, -0.2) is 13.1 Å². The average molecular weight is 932 g/mol. The number of carbonyl (C=O) groups is 6. The van der Waals surface area contributed by atoms with Crippen LogP contribution in [0.15, 0.2) is 65.8 Å². The molecular weight excluding hydrogens is 867 g/mol. The summed E-state index contributed by atoms with van der Waals surface area (Å²) < 4.78 is 27.3. The monoisotopic (exact) mass is 931 g/mol. The Morgan fingerprint density at radius 3 is 2.26 bits per heavy atom. The van der Waals surface area contributed by atoms with Crippen molar-refractivity contribution in [3.8, 4) is 0 Å². The van der Waals surface area contributed by atoms with Gasteiger partial charge in [0.05, 0.1) is 6.26 Å². The van der Waals surface area contributed by atoms with Crippen LogP contribution < -0.4 is 42.8 Å². The normalized spacial score (nSPS) is 23.6. The molecule has 0 spiro atoms. The largest absolute Gasteiger partial charge is 0.370 e. The van der Waals surface area contributed by atoms with Gasteiger partial charge in [-0.15, -0.1) is 0 Å². The second kappa shape index (κ2) is 23.4. The number of rotatable bonds is 14. The van der Waals surface area contributed by atoms with E-state index < -0.39 is 81.7 Å². The molecule has 66 heavy (non-hydrogen) atoms. The Morgan fingerprint density at radius 1 is 0.818 bits per heavy atom. The zero-order chi connectivity index (χ0) is 47.2. The minimum atomic E-state index is -3.88. The van der Waals surface area contributed by atoms with Gasteiger partial charge in [0.25, 0.3) is 0 Å². The number of guanidine groups is 1. The molecule has 1 unspecified atom stereocenters. The zero-order valence-corrected chi connectivity index (χ0v) is 38.4. The van der Waals surface area contributed by atoms with Crippen molar-refractivity contribution in [1.82, 2.24) is 41.2 Å². The third-order valence-electron chi connectivity index (χ3n) is 12.6. The van der Waals surface area contributed by atoms with Crippen LogP contribution in [0.25, 0.3) is 10.9 Å². The number of aromatic nitrogens is 1. The molecule has 0 radical (unpaired) electrons. The molecule has 2 aromatic carbocycles. The fourth-order valence-electron chi connectivity index (χ4n) is 9.27. The van der Waals surface area contributed by atoms with E-state index in [9.17, 15) is 37.2 Å². The number of sulfonamides is 1. The summed E-state index contributed by atoms with van der Waals surface area (Å²) in [7, 11) is -3.88. The van der Waals surface area contributed by atoms with Crippen molar-refractivity contribution in [2.45, 2.75) is 126 Å². The predicted octanol–water partition coefficient (Wildman–Crippen LogP) is 0.735. The van der Waals surface area contributed by atoms with Gasteiger partial charge in [-0.1, -0.05) is 80.6 Å². The molecule has 1 aromatic heterocycles. The quantitative estimate of drug-likeness (QED) is 0.0621. The minimum absolute atomic E-state index is 0.00512. The summed E-state index contributed by atoms with van der Waals surface area (Å²) in [6.07, 6.45) is 9.26. The second-order valence-corrected chi connectivity index (χ2v) is 19.5. The number of benzene rings is 2. The third kappa shape index (κ3) is 14.2. The van der Waals surface area contributed by atoms with Crippen LogP contribution in [0, 0.1) is 5.92 Å². The van der Waals surface area contributed by atoms with Gasteiger partial charge in [-0.05, 0) is 74.5 Å². The van der Waals surface area contributed by atoms with Crippen LogP contribution in [-0.2, 0) is 51.6 Å². The summed E-state index contributed by atoms with van der Waals surface area (Å²) in [6, 6.07) is 9.62. The maximum absolute atomic E-state index is 14.6. The number of H-pyrrole nitrogens is 1. The SMILES string of the molecule is CS(=O)(=O)N[C@@H](Cc1ccccc1)C(=O)NC1CCCNC(=O)[C@H](CCCN=C(N)N)NC(=O)[C@H](Cc2c[nH]c3ccccc23)NC(=O)[C@@H](CC2CCCCC2)NC(=O)[C@@H]2CCCN2C1=O. The van der Waals surface area contributed by atoms with E-state index in [2.05, 4.69) is 41.3 Å². The lowest BCUT2D eigenvalue weighted by atomic mass is 9.84. The minimum Gasteiger partial charge on any atom is -0.370 e. The summed E-state index contributed by atoms with van der Waals surface area (Å²) >= 11 is 0. The molecule has 3 aliphatic rings. The lowest BCUT2D eigenvalue weighted by molar-refractivity contribution is -0.142. The highest BCUT2D eigenvalue weighted by molar-refractivity contribution is 7.88. The fraction of sp³-hybridized carbons (Fsp3) is 0.543. The molecule has 3 heterocycles. The topological polar surface area (TPSA) is 292 Å². The van der Waals surface area contributed by atoms with Gasteiger partial charge < -0.3 is 47.9 Å². The first-order valence-electron chi connectivity index (χ1n) is 23.1. The lowest BCUT2D eigenvalue weighted by Crippen LogP contribution is -2.60. The highest BCUT2D eigenvalue weighted by Crippen LogP contribution is 2.28. The number of para-hydroxylation sites is 1. The van der Waals surface area contributed by atoms with Gasteiger partial charge in [-0.3, -0.25) is 33.8 Å². The van der Waals surface area contributed by atoms with Gasteiger partial charge in [0, 0.05) is 43.2 Å².